The molecule has 1 aromatic carbocycles. The molecule has 9 heteroatoms. The van der Waals surface area contributed by atoms with Gasteiger partial charge in [0.2, 0.25) is 0 Å². The van der Waals surface area contributed by atoms with Crippen LogP contribution in [-0.4, -0.2) is 75.6 Å². The summed E-state index contributed by atoms with van der Waals surface area (Å²) in [4.78, 5) is 8.85. The van der Waals surface area contributed by atoms with Crippen LogP contribution in [0.25, 0.3) is 10.9 Å². The molecule has 5 rings (SSSR count). The lowest BCUT2D eigenvalue weighted by Gasteiger charge is -2.33. The first kappa shape index (κ1) is 24.4. The number of hydrogen-bond donors (Lipinski definition) is 1. The summed E-state index contributed by atoms with van der Waals surface area (Å²) in [6, 6.07) is 6.16. The van der Waals surface area contributed by atoms with Gasteiger partial charge in [0.15, 0.2) is 11.5 Å². The molecule has 3 fully saturated rings. The maximum absolute atomic E-state index is 12.9. The molecule has 3 aliphatic rings. The molecule has 3 aliphatic heterocycles. The molecule has 0 unspecified atom stereocenters. The zero-order valence-electron chi connectivity index (χ0n) is 20.4. The number of aromatic nitrogens is 1. The molecular weight excluding hydrogens is 457 g/mol. The first-order valence-corrected chi connectivity index (χ1v) is 12.8. The topological polar surface area (TPSA) is 49.9 Å². The molecule has 4 heterocycles. The molecule has 0 aliphatic carbocycles. The predicted molar refractivity (Wildman–Crippen MR) is 131 cm³/mol. The number of nitrogens with one attached hydrogen (secondary N) is 1. The van der Waals surface area contributed by atoms with E-state index in [4.69, 9.17) is 14.5 Å². The SMILES string of the molecule is COc1cc2c(C3CCN(CC(F)(F)F)CC3)cc(N3CCCC3)nc2cc1OC[C@@H]1CCNC1. The van der Waals surface area contributed by atoms with Crippen molar-refractivity contribution in [3.05, 3.63) is 23.8 Å². The Kier molecular flexibility index (Phi) is 7.25. The summed E-state index contributed by atoms with van der Waals surface area (Å²) in [5, 5.41) is 4.38. The Morgan fingerprint density at radius 3 is 2.46 bits per heavy atom. The number of methoxy groups -OCH3 is 1. The van der Waals surface area contributed by atoms with Gasteiger partial charge in [0.25, 0.3) is 0 Å². The molecule has 0 saturated carbocycles. The molecular formula is C26H35F3N4O2. The van der Waals surface area contributed by atoms with Gasteiger partial charge in [-0.3, -0.25) is 4.90 Å². The van der Waals surface area contributed by atoms with E-state index < -0.39 is 12.7 Å². The lowest BCUT2D eigenvalue weighted by atomic mass is 9.87. The minimum atomic E-state index is -4.16. The monoisotopic (exact) mass is 492 g/mol. The number of anilines is 1. The molecule has 0 bridgehead atoms. The molecule has 1 N–H and O–H groups in total. The number of pyridine rings is 1. The number of nitrogens with zero attached hydrogens (tertiary/aromatic N) is 3. The van der Waals surface area contributed by atoms with Crippen LogP contribution in [0.4, 0.5) is 19.0 Å². The maximum Gasteiger partial charge on any atom is 0.401 e. The highest BCUT2D eigenvalue weighted by atomic mass is 19.4. The molecule has 192 valence electrons. The number of piperidine rings is 1. The number of ether oxygens (including phenoxy) is 2. The minimum Gasteiger partial charge on any atom is -0.493 e. The van der Waals surface area contributed by atoms with Crippen LogP contribution in [0.5, 0.6) is 11.5 Å². The summed E-state index contributed by atoms with van der Waals surface area (Å²) in [5.41, 5.74) is 2.02. The van der Waals surface area contributed by atoms with E-state index in [2.05, 4.69) is 16.3 Å². The van der Waals surface area contributed by atoms with Crippen molar-refractivity contribution in [2.24, 2.45) is 5.92 Å². The molecule has 35 heavy (non-hydrogen) atoms. The van der Waals surface area contributed by atoms with Gasteiger partial charge < -0.3 is 19.7 Å². The Bertz CT molecular complexity index is 1010. The maximum atomic E-state index is 12.9. The number of halogens is 3. The van der Waals surface area contributed by atoms with Crippen molar-refractivity contribution in [3.63, 3.8) is 0 Å². The van der Waals surface area contributed by atoms with E-state index >= 15 is 0 Å². The number of benzene rings is 1. The van der Waals surface area contributed by atoms with E-state index in [-0.39, 0.29) is 5.92 Å². The fourth-order valence-electron chi connectivity index (χ4n) is 5.68. The fourth-order valence-corrected chi connectivity index (χ4v) is 5.68. The average molecular weight is 493 g/mol. The summed E-state index contributed by atoms with van der Waals surface area (Å²) < 4.78 is 50.6. The molecule has 3 saturated heterocycles. The van der Waals surface area contributed by atoms with Gasteiger partial charge in [0, 0.05) is 37.0 Å². The van der Waals surface area contributed by atoms with Crippen molar-refractivity contribution >= 4 is 16.7 Å². The summed E-state index contributed by atoms with van der Waals surface area (Å²) in [6.07, 6.45) is 0.643. The Morgan fingerprint density at radius 1 is 1.03 bits per heavy atom. The van der Waals surface area contributed by atoms with Crippen molar-refractivity contribution in [3.8, 4) is 11.5 Å². The summed E-state index contributed by atoms with van der Waals surface area (Å²) in [7, 11) is 1.65. The van der Waals surface area contributed by atoms with Crippen LogP contribution in [0.15, 0.2) is 18.2 Å². The van der Waals surface area contributed by atoms with Crippen LogP contribution in [0, 0.1) is 5.92 Å². The van der Waals surface area contributed by atoms with Gasteiger partial charge in [-0.25, -0.2) is 4.98 Å². The van der Waals surface area contributed by atoms with Gasteiger partial charge in [0.1, 0.15) is 5.82 Å². The number of rotatable bonds is 7. The second kappa shape index (κ2) is 10.4. The van der Waals surface area contributed by atoms with Crippen LogP contribution >= 0.6 is 0 Å². The third kappa shape index (κ3) is 5.77. The van der Waals surface area contributed by atoms with Gasteiger partial charge in [-0.05, 0) is 75.4 Å². The van der Waals surface area contributed by atoms with Crippen LogP contribution in [0.2, 0.25) is 0 Å². The zero-order chi connectivity index (χ0) is 24.4. The van der Waals surface area contributed by atoms with Crippen molar-refractivity contribution < 1.29 is 22.6 Å². The highest BCUT2D eigenvalue weighted by Crippen LogP contribution is 2.40. The standard InChI is InChI=1S/C26H35F3N4O2/c1-34-23-12-21-20(19-5-10-32(11-6-19)17-26(27,28)29)13-25(33-8-2-3-9-33)31-22(21)14-24(23)35-16-18-4-7-30-15-18/h12-14,18-19,30H,2-11,15-17H2,1H3/t18-/m1/s1. The normalized spacial score (nSPS) is 22.3. The van der Waals surface area contributed by atoms with E-state index in [0.717, 1.165) is 67.7 Å². The van der Waals surface area contributed by atoms with Crippen LogP contribution < -0.4 is 19.7 Å². The third-order valence-corrected chi connectivity index (χ3v) is 7.61. The van der Waals surface area contributed by atoms with Crippen molar-refractivity contribution in [2.45, 2.75) is 44.2 Å². The van der Waals surface area contributed by atoms with Gasteiger partial charge in [-0.2, -0.15) is 13.2 Å². The average Bonchev–Trinajstić information content (AvgIpc) is 3.55. The molecule has 0 radical (unpaired) electrons. The molecule has 0 spiro atoms. The van der Waals surface area contributed by atoms with Crippen molar-refractivity contribution in [2.75, 3.05) is 64.4 Å². The Balaban J connectivity index is 1.45. The van der Waals surface area contributed by atoms with E-state index in [1.165, 1.54) is 4.90 Å². The van der Waals surface area contributed by atoms with Crippen LogP contribution in [0.3, 0.4) is 0 Å². The lowest BCUT2D eigenvalue weighted by Crippen LogP contribution is -2.39. The van der Waals surface area contributed by atoms with Crippen LogP contribution in [0.1, 0.15) is 43.6 Å². The van der Waals surface area contributed by atoms with Crippen LogP contribution in [-0.2, 0) is 0 Å². The van der Waals surface area contributed by atoms with Gasteiger partial charge in [0.05, 0.1) is 25.8 Å². The third-order valence-electron chi connectivity index (χ3n) is 7.61. The minimum absolute atomic E-state index is 0.187. The highest BCUT2D eigenvalue weighted by molar-refractivity contribution is 5.88. The van der Waals surface area contributed by atoms with E-state index in [1.807, 2.05) is 12.1 Å². The van der Waals surface area contributed by atoms with E-state index in [9.17, 15) is 13.2 Å². The fraction of sp³-hybridized carbons (Fsp3) is 0.654. The first-order valence-electron chi connectivity index (χ1n) is 12.8. The Labute approximate surface area is 204 Å². The first-order chi connectivity index (χ1) is 16.9. The van der Waals surface area contributed by atoms with Crippen molar-refractivity contribution in [1.29, 1.82) is 0 Å². The summed E-state index contributed by atoms with van der Waals surface area (Å²) >= 11 is 0. The number of likely N-dealkylation sites (tertiary alicyclic amines) is 1. The summed E-state index contributed by atoms with van der Waals surface area (Å²) in [6.45, 7) is 4.64. The number of fused-ring (bicyclic) bond motifs is 1. The molecule has 2 aromatic rings. The van der Waals surface area contributed by atoms with E-state index in [0.29, 0.717) is 50.0 Å². The largest absolute Gasteiger partial charge is 0.493 e. The van der Waals surface area contributed by atoms with E-state index in [1.54, 1.807) is 7.11 Å². The predicted octanol–water partition coefficient (Wildman–Crippen LogP) is 4.57. The Morgan fingerprint density at radius 2 is 1.80 bits per heavy atom. The smallest absolute Gasteiger partial charge is 0.401 e. The second-order valence-corrected chi connectivity index (χ2v) is 10.1. The Hall–Kier alpha value is -2.26. The van der Waals surface area contributed by atoms with Gasteiger partial charge in [-0.1, -0.05) is 0 Å². The number of alkyl halides is 3. The van der Waals surface area contributed by atoms with Crippen molar-refractivity contribution in [1.82, 2.24) is 15.2 Å². The quantitative estimate of drug-likeness (QED) is 0.611. The van der Waals surface area contributed by atoms with Gasteiger partial charge >= 0.3 is 6.18 Å². The molecule has 1 atom stereocenters. The van der Waals surface area contributed by atoms with Gasteiger partial charge in [-0.15, -0.1) is 0 Å². The molecule has 6 nitrogen and oxygen atoms in total. The second-order valence-electron chi connectivity index (χ2n) is 10.1. The number of hydrogen-bond acceptors (Lipinski definition) is 6. The molecule has 0 amide bonds. The lowest BCUT2D eigenvalue weighted by molar-refractivity contribution is -0.147. The summed E-state index contributed by atoms with van der Waals surface area (Å²) in [5.74, 6) is 3.00. The highest BCUT2D eigenvalue weighted by Gasteiger charge is 2.33. The zero-order valence-corrected chi connectivity index (χ0v) is 20.4. The molecule has 1 aromatic heterocycles.